The molecule has 1 N–H and O–H groups in total. The van der Waals surface area contributed by atoms with Crippen molar-refractivity contribution in [2.75, 3.05) is 31.1 Å². The summed E-state index contributed by atoms with van der Waals surface area (Å²) in [7, 11) is 0. The minimum atomic E-state index is -1.21. The van der Waals surface area contributed by atoms with Crippen LogP contribution in [0.2, 0.25) is 0 Å². The van der Waals surface area contributed by atoms with Gasteiger partial charge >= 0.3 is 0 Å². The summed E-state index contributed by atoms with van der Waals surface area (Å²) in [6.07, 6.45) is 15.9. The summed E-state index contributed by atoms with van der Waals surface area (Å²) in [6.45, 7) is 3.40. The van der Waals surface area contributed by atoms with Crippen molar-refractivity contribution in [2.45, 2.75) is 88.0 Å². The first-order valence-corrected chi connectivity index (χ1v) is 15.6. The summed E-state index contributed by atoms with van der Waals surface area (Å²) in [5, 5.41) is 9.33. The molecule has 5 atom stereocenters. The van der Waals surface area contributed by atoms with E-state index < -0.39 is 29.1 Å². The standard InChI is InChI=1S/C33H43N3O5/c1-2-32-18-12-21-34(24-14-6-3-7-15-24)29(38)26(32)27-30(39)36(20-10-5-11-23-37)28-31(40)35(25-16-8-4-9-17-25)22-13-19-33(27,28)41-32/h3,6-7,12-15,18-19,25-28,37H,2,4-5,8-11,16-17,20-23H2,1H3/t26-,27+,28?,32+,33+/m1/s1. The Morgan fingerprint density at radius 3 is 2.37 bits per heavy atom. The molecule has 1 unspecified atom stereocenters. The van der Waals surface area contributed by atoms with Crippen LogP contribution in [-0.2, 0) is 19.1 Å². The molecule has 4 heterocycles. The lowest BCUT2D eigenvalue weighted by atomic mass is 9.73. The number of carbonyl (C=O) groups is 3. The van der Waals surface area contributed by atoms with E-state index in [1.165, 1.54) is 6.42 Å². The zero-order valence-corrected chi connectivity index (χ0v) is 24.1. The van der Waals surface area contributed by atoms with E-state index in [9.17, 15) is 19.5 Å². The van der Waals surface area contributed by atoms with Gasteiger partial charge in [-0.05, 0) is 50.7 Å². The number of para-hydroxylation sites is 1. The molecular formula is C33H43N3O5. The quantitative estimate of drug-likeness (QED) is 0.385. The molecule has 1 aromatic carbocycles. The molecule has 0 bridgehead atoms. The van der Waals surface area contributed by atoms with Gasteiger partial charge in [-0.3, -0.25) is 14.4 Å². The number of hydrogen-bond donors (Lipinski definition) is 1. The Kier molecular flexibility index (Phi) is 7.81. The van der Waals surface area contributed by atoms with Gasteiger partial charge in [0.2, 0.25) is 17.7 Å². The summed E-state index contributed by atoms with van der Waals surface area (Å²) >= 11 is 0. The Balaban J connectivity index is 1.43. The average Bonchev–Trinajstić information content (AvgIpc) is 3.28. The molecule has 2 saturated heterocycles. The van der Waals surface area contributed by atoms with Gasteiger partial charge in [-0.25, -0.2) is 0 Å². The molecule has 220 valence electrons. The number of ether oxygens (including phenoxy) is 1. The molecule has 8 heteroatoms. The molecule has 1 saturated carbocycles. The van der Waals surface area contributed by atoms with E-state index in [0.717, 1.165) is 37.8 Å². The van der Waals surface area contributed by atoms with Gasteiger partial charge in [0.1, 0.15) is 11.6 Å². The van der Waals surface area contributed by atoms with E-state index in [1.807, 2.05) is 66.5 Å². The monoisotopic (exact) mass is 561 g/mol. The number of nitrogens with zero attached hydrogens (tertiary/aromatic N) is 3. The lowest BCUT2D eigenvalue weighted by Crippen LogP contribution is -2.57. The lowest BCUT2D eigenvalue weighted by Gasteiger charge is -2.40. The van der Waals surface area contributed by atoms with Crippen LogP contribution in [0, 0.1) is 11.8 Å². The van der Waals surface area contributed by atoms with Crippen molar-refractivity contribution in [3.05, 3.63) is 54.6 Å². The third-order valence-electron chi connectivity index (χ3n) is 10.1. The molecule has 0 aromatic heterocycles. The van der Waals surface area contributed by atoms with E-state index in [2.05, 4.69) is 0 Å². The zero-order valence-electron chi connectivity index (χ0n) is 24.1. The first-order valence-electron chi connectivity index (χ1n) is 15.6. The van der Waals surface area contributed by atoms with Crippen molar-refractivity contribution in [1.82, 2.24) is 9.80 Å². The smallest absolute Gasteiger partial charge is 0.249 e. The van der Waals surface area contributed by atoms with Gasteiger partial charge in [0.25, 0.3) is 0 Å². The number of unbranched alkanes of at least 4 members (excludes halogenated alkanes) is 2. The van der Waals surface area contributed by atoms with Crippen LogP contribution >= 0.6 is 0 Å². The fourth-order valence-electron chi connectivity index (χ4n) is 8.15. The van der Waals surface area contributed by atoms with Gasteiger partial charge in [-0.15, -0.1) is 0 Å². The summed E-state index contributed by atoms with van der Waals surface area (Å²) in [5.74, 6) is -1.90. The first kappa shape index (κ1) is 28.2. The molecule has 4 aliphatic heterocycles. The van der Waals surface area contributed by atoms with Gasteiger partial charge in [0.05, 0.1) is 17.4 Å². The first-order chi connectivity index (χ1) is 20.0. The highest BCUT2D eigenvalue weighted by atomic mass is 16.5. The predicted octanol–water partition coefficient (Wildman–Crippen LogP) is 3.84. The maximum absolute atomic E-state index is 14.6. The highest BCUT2D eigenvalue weighted by Gasteiger charge is 2.75. The number of fused-ring (bicyclic) bond motifs is 2. The van der Waals surface area contributed by atoms with Gasteiger partial charge in [0.15, 0.2) is 0 Å². The summed E-state index contributed by atoms with van der Waals surface area (Å²) < 4.78 is 7.10. The zero-order chi connectivity index (χ0) is 28.6. The number of rotatable bonds is 8. The van der Waals surface area contributed by atoms with E-state index in [4.69, 9.17) is 4.74 Å². The van der Waals surface area contributed by atoms with Crippen LogP contribution in [0.25, 0.3) is 0 Å². The summed E-state index contributed by atoms with van der Waals surface area (Å²) in [6, 6.07) is 8.93. The fourth-order valence-corrected chi connectivity index (χ4v) is 8.15. The normalized spacial score (nSPS) is 33.6. The van der Waals surface area contributed by atoms with Crippen molar-refractivity contribution in [1.29, 1.82) is 0 Å². The Labute approximate surface area is 243 Å². The number of aliphatic hydroxyl groups is 1. The van der Waals surface area contributed by atoms with Crippen LogP contribution in [0.3, 0.4) is 0 Å². The molecule has 5 aliphatic rings. The third kappa shape index (κ3) is 4.54. The molecule has 3 amide bonds. The number of anilines is 1. The molecule has 1 spiro atoms. The van der Waals surface area contributed by atoms with Crippen LogP contribution in [-0.4, -0.2) is 82.2 Å². The largest absolute Gasteiger partial charge is 0.396 e. The predicted molar refractivity (Wildman–Crippen MR) is 156 cm³/mol. The van der Waals surface area contributed by atoms with Gasteiger partial charge in [-0.2, -0.15) is 0 Å². The van der Waals surface area contributed by atoms with Gasteiger partial charge in [0, 0.05) is 38.0 Å². The Morgan fingerprint density at radius 1 is 0.878 bits per heavy atom. The second-order valence-corrected chi connectivity index (χ2v) is 12.3. The molecular weight excluding hydrogens is 518 g/mol. The van der Waals surface area contributed by atoms with Crippen molar-refractivity contribution in [3.8, 4) is 0 Å². The second kappa shape index (κ2) is 11.4. The maximum atomic E-state index is 14.6. The minimum Gasteiger partial charge on any atom is -0.396 e. The Morgan fingerprint density at radius 2 is 1.63 bits per heavy atom. The number of aliphatic hydroxyl groups excluding tert-OH is 1. The van der Waals surface area contributed by atoms with E-state index in [-0.39, 0.29) is 30.4 Å². The number of benzene rings is 1. The van der Waals surface area contributed by atoms with Gasteiger partial charge in [-0.1, -0.05) is 68.7 Å². The highest BCUT2D eigenvalue weighted by molar-refractivity contribution is 6.04. The molecule has 3 fully saturated rings. The van der Waals surface area contributed by atoms with Crippen LogP contribution < -0.4 is 4.90 Å². The Hall–Kier alpha value is -2.97. The highest BCUT2D eigenvalue weighted by Crippen LogP contribution is 2.59. The average molecular weight is 562 g/mol. The number of hydrogen-bond acceptors (Lipinski definition) is 5. The SMILES string of the molecule is CC[C@]12C=CCN(c3ccccc3)C(=O)[C@H]1[C@H]1C(=O)N(CCCCCO)C3C(=O)N(C4CCCCC4)CC=C[C@@]31O2. The van der Waals surface area contributed by atoms with Crippen LogP contribution in [0.5, 0.6) is 0 Å². The summed E-state index contributed by atoms with van der Waals surface area (Å²) in [5.41, 5.74) is -1.41. The second-order valence-electron chi connectivity index (χ2n) is 12.3. The van der Waals surface area contributed by atoms with E-state index in [1.54, 1.807) is 9.80 Å². The molecule has 1 aliphatic carbocycles. The van der Waals surface area contributed by atoms with E-state index >= 15 is 0 Å². The minimum absolute atomic E-state index is 0.0565. The molecule has 0 radical (unpaired) electrons. The van der Waals surface area contributed by atoms with Crippen molar-refractivity contribution >= 4 is 23.4 Å². The van der Waals surface area contributed by atoms with Crippen molar-refractivity contribution in [2.24, 2.45) is 11.8 Å². The topological polar surface area (TPSA) is 90.4 Å². The lowest BCUT2D eigenvalue weighted by molar-refractivity contribution is -0.154. The molecule has 41 heavy (non-hydrogen) atoms. The van der Waals surface area contributed by atoms with Crippen LogP contribution in [0.15, 0.2) is 54.6 Å². The number of carbonyl (C=O) groups excluding carboxylic acids is 3. The maximum Gasteiger partial charge on any atom is 0.249 e. The number of amides is 3. The molecule has 8 nitrogen and oxygen atoms in total. The van der Waals surface area contributed by atoms with Gasteiger partial charge < -0.3 is 24.5 Å². The summed E-state index contributed by atoms with van der Waals surface area (Å²) in [4.78, 5) is 49.2. The fraction of sp³-hybridized carbons (Fsp3) is 0.606. The molecule has 1 aromatic rings. The number of likely N-dealkylation sites (tertiary alicyclic amines) is 1. The van der Waals surface area contributed by atoms with Crippen LogP contribution in [0.1, 0.15) is 64.7 Å². The van der Waals surface area contributed by atoms with Crippen molar-refractivity contribution < 1.29 is 24.2 Å². The van der Waals surface area contributed by atoms with Crippen molar-refractivity contribution in [3.63, 3.8) is 0 Å². The Bertz CT molecular complexity index is 1210. The third-order valence-corrected chi connectivity index (χ3v) is 10.1. The van der Waals surface area contributed by atoms with Crippen LogP contribution in [0.4, 0.5) is 5.69 Å². The molecule has 6 rings (SSSR count). The van der Waals surface area contributed by atoms with E-state index in [0.29, 0.717) is 38.9 Å².